The van der Waals surface area contributed by atoms with Gasteiger partial charge in [-0.1, -0.05) is 55.8 Å². The van der Waals surface area contributed by atoms with Gasteiger partial charge in [0.05, 0.1) is 25.2 Å². The van der Waals surface area contributed by atoms with Crippen molar-refractivity contribution in [2.24, 2.45) is 11.7 Å². The molecule has 0 saturated heterocycles. The molecular formula is C35H31ClN2O6. The average Bonchev–Trinajstić information content (AvgIpc) is 3.02. The van der Waals surface area contributed by atoms with Crippen molar-refractivity contribution in [1.29, 1.82) is 5.26 Å². The molecule has 0 aromatic heterocycles. The molecule has 4 aromatic carbocycles. The average molecular weight is 611 g/mol. The lowest BCUT2D eigenvalue weighted by molar-refractivity contribution is 0.0734. The highest BCUT2D eigenvalue weighted by Gasteiger charge is 2.32. The molecule has 1 aliphatic rings. The highest BCUT2D eigenvalue weighted by atomic mass is 35.5. The number of carbonyl (C=O) groups excluding carboxylic acids is 1. The zero-order chi connectivity index (χ0) is 31.2. The number of hydrogen-bond acceptors (Lipinski definition) is 8. The second-order valence-electron chi connectivity index (χ2n) is 10.5. The van der Waals surface area contributed by atoms with Crippen LogP contribution in [0.5, 0.6) is 28.7 Å². The Morgan fingerprint density at radius 2 is 1.73 bits per heavy atom. The summed E-state index contributed by atoms with van der Waals surface area (Å²) in [5.41, 5.74) is 9.07. The Morgan fingerprint density at radius 3 is 2.43 bits per heavy atom. The third-order valence-electron chi connectivity index (χ3n) is 6.94. The summed E-state index contributed by atoms with van der Waals surface area (Å²) < 4.78 is 28.8. The van der Waals surface area contributed by atoms with E-state index < -0.39 is 11.9 Å². The van der Waals surface area contributed by atoms with Crippen LogP contribution < -0.4 is 29.4 Å². The standard InChI is InChI=1S/C35H31ClN2O6/c1-21(2)19-41-25-11-8-22(9-12-25)35(39)43-26-13-14-27-31(17-26)44-34(38)28(18-37)33(27)23-10-15-30(32(16-23)40-3)42-20-24-6-4-5-7-29(24)36/h4-17,21,33H,19-20,38H2,1-3H3. The fourth-order valence-electron chi connectivity index (χ4n) is 4.71. The fraction of sp³-hybridized carbons (Fsp3) is 0.200. The van der Waals surface area contributed by atoms with Crippen molar-refractivity contribution < 1.29 is 28.5 Å². The number of benzene rings is 4. The van der Waals surface area contributed by atoms with Crippen LogP contribution in [0.3, 0.4) is 0 Å². The molecule has 2 N–H and O–H groups in total. The second kappa shape index (κ2) is 13.4. The molecular weight excluding hydrogens is 580 g/mol. The lowest BCUT2D eigenvalue weighted by Crippen LogP contribution is -2.21. The Labute approximate surface area is 261 Å². The molecule has 0 amide bonds. The number of ether oxygens (including phenoxy) is 5. The summed E-state index contributed by atoms with van der Waals surface area (Å²) in [7, 11) is 1.54. The van der Waals surface area contributed by atoms with Crippen molar-refractivity contribution in [3.05, 3.63) is 124 Å². The predicted octanol–water partition coefficient (Wildman–Crippen LogP) is 7.40. The largest absolute Gasteiger partial charge is 0.493 e. The lowest BCUT2D eigenvalue weighted by Gasteiger charge is -2.27. The SMILES string of the molecule is COc1cc(C2C(C#N)=C(N)Oc3cc(OC(=O)c4ccc(OCC(C)C)cc4)ccc32)ccc1OCc1ccccc1Cl. The minimum atomic E-state index is -0.557. The van der Waals surface area contributed by atoms with Crippen molar-refractivity contribution in [3.63, 3.8) is 0 Å². The number of methoxy groups -OCH3 is 1. The number of fused-ring (bicyclic) bond motifs is 1. The van der Waals surface area contributed by atoms with Crippen LogP contribution >= 0.6 is 11.6 Å². The monoisotopic (exact) mass is 610 g/mol. The first-order chi connectivity index (χ1) is 21.3. The Balaban J connectivity index is 1.37. The Kier molecular flexibility index (Phi) is 9.27. The van der Waals surface area contributed by atoms with Crippen LogP contribution in [-0.4, -0.2) is 19.7 Å². The summed E-state index contributed by atoms with van der Waals surface area (Å²) in [6.45, 7) is 4.96. The molecule has 4 aromatic rings. The molecule has 1 unspecified atom stereocenters. The zero-order valence-electron chi connectivity index (χ0n) is 24.5. The number of allylic oxidation sites excluding steroid dienone is 1. The topological polar surface area (TPSA) is 113 Å². The van der Waals surface area contributed by atoms with E-state index in [4.69, 9.17) is 41.0 Å². The van der Waals surface area contributed by atoms with Crippen molar-refractivity contribution in [2.45, 2.75) is 26.4 Å². The van der Waals surface area contributed by atoms with Crippen LogP contribution in [0, 0.1) is 17.2 Å². The quantitative estimate of drug-likeness (QED) is 0.146. The van der Waals surface area contributed by atoms with Gasteiger partial charge in [-0.15, -0.1) is 0 Å². The second-order valence-corrected chi connectivity index (χ2v) is 10.9. The first kappa shape index (κ1) is 30.3. The van der Waals surface area contributed by atoms with Gasteiger partial charge in [-0.3, -0.25) is 0 Å². The normalized spacial score (nSPS) is 13.9. The van der Waals surface area contributed by atoms with E-state index in [1.54, 1.807) is 67.8 Å². The van der Waals surface area contributed by atoms with Crippen molar-refractivity contribution >= 4 is 17.6 Å². The van der Waals surface area contributed by atoms with Gasteiger partial charge >= 0.3 is 5.97 Å². The van der Waals surface area contributed by atoms with Gasteiger partial charge in [-0.2, -0.15) is 5.26 Å². The van der Waals surface area contributed by atoms with Gasteiger partial charge in [0.25, 0.3) is 0 Å². The van der Waals surface area contributed by atoms with E-state index in [0.29, 0.717) is 51.7 Å². The van der Waals surface area contributed by atoms with Gasteiger partial charge in [0.15, 0.2) is 11.5 Å². The molecule has 5 rings (SSSR count). The minimum absolute atomic E-state index is 0.0384. The molecule has 1 aliphatic heterocycles. The maximum Gasteiger partial charge on any atom is 0.343 e. The van der Waals surface area contributed by atoms with Crippen LogP contribution in [0.15, 0.2) is 96.4 Å². The lowest BCUT2D eigenvalue weighted by atomic mass is 9.83. The van der Waals surface area contributed by atoms with E-state index in [-0.39, 0.29) is 23.8 Å². The molecule has 0 fully saturated rings. The van der Waals surface area contributed by atoms with E-state index >= 15 is 0 Å². The minimum Gasteiger partial charge on any atom is -0.493 e. The highest BCUT2D eigenvalue weighted by molar-refractivity contribution is 6.31. The molecule has 224 valence electrons. The van der Waals surface area contributed by atoms with E-state index in [1.165, 1.54) is 0 Å². The number of halogens is 1. The number of carbonyl (C=O) groups is 1. The van der Waals surface area contributed by atoms with Gasteiger partial charge in [-0.25, -0.2) is 4.79 Å². The maximum absolute atomic E-state index is 12.9. The number of nitrogens with zero attached hydrogens (tertiary/aromatic N) is 1. The van der Waals surface area contributed by atoms with Crippen molar-refractivity contribution in [2.75, 3.05) is 13.7 Å². The highest BCUT2D eigenvalue weighted by Crippen LogP contribution is 2.45. The predicted molar refractivity (Wildman–Crippen MR) is 166 cm³/mol. The molecule has 1 atom stereocenters. The molecule has 0 saturated carbocycles. The van der Waals surface area contributed by atoms with Crippen molar-refractivity contribution in [1.82, 2.24) is 0 Å². The maximum atomic E-state index is 12.9. The summed E-state index contributed by atoms with van der Waals surface area (Å²) in [6.07, 6.45) is 0. The molecule has 8 nitrogen and oxygen atoms in total. The van der Waals surface area contributed by atoms with Gasteiger partial charge < -0.3 is 29.4 Å². The van der Waals surface area contributed by atoms with Gasteiger partial charge in [0, 0.05) is 22.2 Å². The third kappa shape index (κ3) is 6.74. The number of nitriles is 1. The third-order valence-corrected chi connectivity index (χ3v) is 7.31. The molecule has 0 bridgehead atoms. The van der Waals surface area contributed by atoms with E-state index in [0.717, 1.165) is 11.1 Å². The molecule has 0 radical (unpaired) electrons. The molecule has 9 heteroatoms. The van der Waals surface area contributed by atoms with Crippen LogP contribution in [0.2, 0.25) is 5.02 Å². The van der Waals surface area contributed by atoms with Crippen LogP contribution in [-0.2, 0) is 6.61 Å². The summed E-state index contributed by atoms with van der Waals surface area (Å²) in [5, 5.41) is 10.6. The van der Waals surface area contributed by atoms with Gasteiger partial charge in [-0.05, 0) is 60.0 Å². The van der Waals surface area contributed by atoms with Gasteiger partial charge in [0.2, 0.25) is 5.88 Å². The van der Waals surface area contributed by atoms with Crippen LogP contribution in [0.4, 0.5) is 0 Å². The van der Waals surface area contributed by atoms with Crippen LogP contribution in [0.25, 0.3) is 0 Å². The Morgan fingerprint density at radius 1 is 0.977 bits per heavy atom. The van der Waals surface area contributed by atoms with E-state index in [1.807, 2.05) is 24.3 Å². The van der Waals surface area contributed by atoms with Crippen LogP contribution in [0.1, 0.15) is 46.8 Å². The van der Waals surface area contributed by atoms with E-state index in [9.17, 15) is 10.1 Å². The summed E-state index contributed by atoms with van der Waals surface area (Å²) in [5.74, 6) is 1.56. The molecule has 0 aliphatic carbocycles. The Bertz CT molecular complexity index is 1740. The number of rotatable bonds is 10. The zero-order valence-corrected chi connectivity index (χ0v) is 25.3. The Hall–Kier alpha value is -5.13. The molecule has 44 heavy (non-hydrogen) atoms. The smallest absolute Gasteiger partial charge is 0.343 e. The van der Waals surface area contributed by atoms with Crippen molar-refractivity contribution in [3.8, 4) is 34.8 Å². The first-order valence-electron chi connectivity index (χ1n) is 14.0. The summed E-state index contributed by atoms with van der Waals surface area (Å²) in [6, 6.07) is 26.8. The first-order valence-corrected chi connectivity index (χ1v) is 14.4. The summed E-state index contributed by atoms with van der Waals surface area (Å²) >= 11 is 6.28. The number of nitrogens with two attached hydrogens (primary N) is 1. The number of esters is 1. The van der Waals surface area contributed by atoms with E-state index in [2.05, 4.69) is 19.9 Å². The van der Waals surface area contributed by atoms with Gasteiger partial charge in [0.1, 0.15) is 35.5 Å². The summed E-state index contributed by atoms with van der Waals surface area (Å²) in [4.78, 5) is 12.9. The number of hydrogen-bond donors (Lipinski definition) is 1. The molecule has 0 spiro atoms. The fourth-order valence-corrected chi connectivity index (χ4v) is 4.90. The molecule has 1 heterocycles.